The Kier molecular flexibility index (Phi) is 9.63. The monoisotopic (exact) mass is 452 g/mol. The van der Waals surface area contributed by atoms with Crippen LogP contribution in [0.3, 0.4) is 0 Å². The topological polar surface area (TPSA) is 51.0 Å². The third kappa shape index (κ3) is 5.00. The van der Waals surface area contributed by atoms with E-state index in [0.717, 1.165) is 18.2 Å². The minimum Gasteiger partial charge on any atom is -0.327 e. The molecule has 0 bridgehead atoms. The molecule has 0 N–H and O–H groups in total. The van der Waals surface area contributed by atoms with E-state index in [1.807, 2.05) is 39.5 Å². The molecule has 1 aliphatic heterocycles. The first kappa shape index (κ1) is 24.7. The zero-order chi connectivity index (χ0) is 22.3. The summed E-state index contributed by atoms with van der Waals surface area (Å²) < 4.78 is 2.23. The van der Waals surface area contributed by atoms with Crippen molar-refractivity contribution in [1.82, 2.24) is 19.7 Å². The van der Waals surface area contributed by atoms with Gasteiger partial charge in [-0.1, -0.05) is 76.2 Å². The lowest BCUT2D eigenvalue weighted by Crippen LogP contribution is -2.41. The fourth-order valence-electron chi connectivity index (χ4n) is 4.17. The molecule has 5 nitrogen and oxygen atoms in total. The van der Waals surface area contributed by atoms with E-state index in [2.05, 4.69) is 14.8 Å². The molecular weight excluding hydrogens is 419 g/mol. The Labute approximate surface area is 190 Å². The van der Waals surface area contributed by atoms with Crippen molar-refractivity contribution in [2.24, 2.45) is 0 Å². The van der Waals surface area contributed by atoms with Gasteiger partial charge in [-0.15, -0.1) is 10.2 Å². The predicted octanol–water partition coefficient (Wildman–Crippen LogP) is 6.90. The summed E-state index contributed by atoms with van der Waals surface area (Å²) >= 11 is 12.3. The van der Waals surface area contributed by atoms with E-state index in [0.29, 0.717) is 28.1 Å². The summed E-state index contributed by atoms with van der Waals surface area (Å²) in [6.07, 6.45) is 6.22. The SMILES string of the molecule is CC.CC.CC1c2nnc(C3CCCCC3)n2CCN1C(=O)c1cccc(Cl)c1Cl. The maximum Gasteiger partial charge on any atom is 0.256 e. The molecule has 1 aromatic carbocycles. The second-order valence-corrected chi connectivity index (χ2v) is 7.96. The molecule has 1 unspecified atom stereocenters. The van der Waals surface area contributed by atoms with Crippen molar-refractivity contribution in [3.63, 3.8) is 0 Å². The molecule has 0 radical (unpaired) electrons. The molecule has 2 aliphatic rings. The second-order valence-electron chi connectivity index (χ2n) is 7.18. The highest BCUT2D eigenvalue weighted by Crippen LogP contribution is 2.35. The summed E-state index contributed by atoms with van der Waals surface area (Å²) in [6.45, 7) is 11.3. The van der Waals surface area contributed by atoms with E-state index in [-0.39, 0.29) is 11.9 Å². The van der Waals surface area contributed by atoms with Gasteiger partial charge in [-0.25, -0.2) is 0 Å². The van der Waals surface area contributed by atoms with Crippen LogP contribution < -0.4 is 0 Å². The molecule has 1 amide bonds. The number of nitrogens with zero attached hydrogens (tertiary/aromatic N) is 4. The summed E-state index contributed by atoms with van der Waals surface area (Å²) in [7, 11) is 0. The molecule has 1 aliphatic carbocycles. The van der Waals surface area contributed by atoms with Crippen LogP contribution in [0.5, 0.6) is 0 Å². The smallest absolute Gasteiger partial charge is 0.256 e. The van der Waals surface area contributed by atoms with E-state index >= 15 is 0 Å². The number of hydrogen-bond donors (Lipinski definition) is 0. The van der Waals surface area contributed by atoms with Crippen molar-refractivity contribution in [2.45, 2.75) is 85.2 Å². The lowest BCUT2D eigenvalue weighted by atomic mass is 9.88. The van der Waals surface area contributed by atoms with Gasteiger partial charge < -0.3 is 9.47 Å². The van der Waals surface area contributed by atoms with Crippen LogP contribution in [0.15, 0.2) is 18.2 Å². The number of benzene rings is 1. The zero-order valence-electron chi connectivity index (χ0n) is 18.8. The van der Waals surface area contributed by atoms with Crippen LogP contribution in [0.25, 0.3) is 0 Å². The van der Waals surface area contributed by atoms with Crippen LogP contribution in [0.1, 0.15) is 101 Å². The zero-order valence-corrected chi connectivity index (χ0v) is 20.3. The first-order valence-electron chi connectivity index (χ1n) is 11.3. The van der Waals surface area contributed by atoms with Gasteiger partial charge in [0.15, 0.2) is 5.82 Å². The van der Waals surface area contributed by atoms with Gasteiger partial charge in [0.2, 0.25) is 0 Å². The summed E-state index contributed by atoms with van der Waals surface area (Å²) in [5, 5.41) is 9.64. The van der Waals surface area contributed by atoms with Crippen LogP contribution in [0, 0.1) is 0 Å². The highest BCUT2D eigenvalue weighted by molar-refractivity contribution is 6.43. The Morgan fingerprint density at radius 3 is 2.27 bits per heavy atom. The highest BCUT2D eigenvalue weighted by atomic mass is 35.5. The maximum atomic E-state index is 13.0. The quantitative estimate of drug-likeness (QED) is 0.497. The number of carbonyl (C=O) groups is 1. The molecule has 30 heavy (non-hydrogen) atoms. The number of carbonyl (C=O) groups excluding carboxylic acids is 1. The van der Waals surface area contributed by atoms with Crippen molar-refractivity contribution < 1.29 is 4.79 Å². The number of rotatable bonds is 2. The Balaban J connectivity index is 0.000000757. The predicted molar refractivity (Wildman–Crippen MR) is 124 cm³/mol. The molecule has 1 aromatic heterocycles. The average molecular weight is 453 g/mol. The summed E-state index contributed by atoms with van der Waals surface area (Å²) in [5.74, 6) is 2.35. The van der Waals surface area contributed by atoms with Crippen molar-refractivity contribution >= 4 is 29.1 Å². The number of aromatic nitrogens is 3. The van der Waals surface area contributed by atoms with Crippen LogP contribution in [0.2, 0.25) is 10.0 Å². The van der Waals surface area contributed by atoms with Gasteiger partial charge in [-0.3, -0.25) is 4.79 Å². The largest absolute Gasteiger partial charge is 0.327 e. The normalized spacial score (nSPS) is 18.5. The second kappa shape index (κ2) is 11.7. The van der Waals surface area contributed by atoms with Crippen LogP contribution in [0.4, 0.5) is 0 Å². The van der Waals surface area contributed by atoms with Gasteiger partial charge in [0.1, 0.15) is 5.82 Å². The molecule has 7 heteroatoms. The molecular formula is C23H34Cl2N4O. The summed E-state index contributed by atoms with van der Waals surface area (Å²) in [5.41, 5.74) is 0.437. The van der Waals surface area contributed by atoms with Crippen molar-refractivity contribution in [1.29, 1.82) is 0 Å². The average Bonchev–Trinajstić information content (AvgIpc) is 3.24. The van der Waals surface area contributed by atoms with Gasteiger partial charge in [0.25, 0.3) is 5.91 Å². The molecule has 2 aromatic rings. The van der Waals surface area contributed by atoms with Crippen LogP contribution in [-0.2, 0) is 6.54 Å². The van der Waals surface area contributed by atoms with E-state index < -0.39 is 0 Å². The summed E-state index contributed by atoms with van der Waals surface area (Å²) in [4.78, 5) is 14.8. The Morgan fingerprint density at radius 2 is 1.60 bits per heavy atom. The van der Waals surface area contributed by atoms with Gasteiger partial charge in [0.05, 0.1) is 21.7 Å². The molecule has 0 spiro atoms. The molecule has 166 valence electrons. The lowest BCUT2D eigenvalue weighted by Gasteiger charge is -2.35. The van der Waals surface area contributed by atoms with Crippen molar-refractivity contribution in [3.05, 3.63) is 45.5 Å². The van der Waals surface area contributed by atoms with E-state index in [1.54, 1.807) is 18.2 Å². The standard InChI is InChI=1S/C19H22Cl2N4O.2C2H6/c1-12-17-22-23-18(13-6-3-2-4-7-13)25(17)11-10-24(12)19(26)14-8-5-9-15(20)16(14)21;2*1-2/h5,8-9,12-13H,2-4,6-7,10-11H2,1H3;2*1-2H3. The molecule has 2 heterocycles. The molecule has 4 rings (SSSR count). The minimum absolute atomic E-state index is 0.113. The van der Waals surface area contributed by atoms with Crippen LogP contribution >= 0.6 is 23.2 Å². The highest BCUT2D eigenvalue weighted by Gasteiger charge is 2.34. The van der Waals surface area contributed by atoms with Gasteiger partial charge in [0, 0.05) is 19.0 Å². The number of amides is 1. The Morgan fingerprint density at radius 1 is 0.967 bits per heavy atom. The van der Waals surface area contributed by atoms with E-state index in [4.69, 9.17) is 23.2 Å². The lowest BCUT2D eigenvalue weighted by molar-refractivity contribution is 0.0635. The van der Waals surface area contributed by atoms with Gasteiger partial charge in [-0.2, -0.15) is 0 Å². The molecule has 1 saturated carbocycles. The third-order valence-corrected chi connectivity index (χ3v) is 6.45. The molecule has 0 saturated heterocycles. The van der Waals surface area contributed by atoms with E-state index in [1.165, 1.54) is 32.1 Å². The molecule has 1 atom stereocenters. The minimum atomic E-state index is -0.142. The van der Waals surface area contributed by atoms with E-state index in [9.17, 15) is 4.79 Å². The number of hydrogen-bond acceptors (Lipinski definition) is 3. The summed E-state index contributed by atoms with van der Waals surface area (Å²) in [6, 6.07) is 5.01. The maximum absolute atomic E-state index is 13.0. The fraction of sp³-hybridized carbons (Fsp3) is 0.609. The Hall–Kier alpha value is -1.59. The molecule has 1 fully saturated rings. The first-order valence-corrected chi connectivity index (χ1v) is 12.0. The number of fused-ring (bicyclic) bond motifs is 1. The van der Waals surface area contributed by atoms with Gasteiger partial charge in [-0.05, 0) is 31.9 Å². The number of halogens is 2. The van der Waals surface area contributed by atoms with Crippen molar-refractivity contribution in [2.75, 3.05) is 6.54 Å². The van der Waals surface area contributed by atoms with Gasteiger partial charge >= 0.3 is 0 Å². The fourth-order valence-corrected chi connectivity index (χ4v) is 4.55. The van der Waals surface area contributed by atoms with Crippen molar-refractivity contribution in [3.8, 4) is 0 Å². The Bertz CT molecular complexity index is 831. The third-order valence-electron chi connectivity index (χ3n) is 5.63. The first-order chi connectivity index (χ1) is 14.6. The van der Waals surface area contributed by atoms with Crippen LogP contribution in [-0.4, -0.2) is 32.1 Å².